The molecule has 21 heavy (non-hydrogen) atoms. The first kappa shape index (κ1) is 15.5. The van der Waals surface area contributed by atoms with Gasteiger partial charge in [0.05, 0.1) is 0 Å². The van der Waals surface area contributed by atoms with Crippen molar-refractivity contribution in [1.29, 1.82) is 0 Å². The molecule has 2 heterocycles. The van der Waals surface area contributed by atoms with Crippen LogP contribution >= 0.6 is 0 Å². The van der Waals surface area contributed by atoms with E-state index in [0.29, 0.717) is 12.2 Å². The van der Waals surface area contributed by atoms with Gasteiger partial charge in [-0.2, -0.15) is 5.10 Å². The van der Waals surface area contributed by atoms with Crippen LogP contribution in [0.4, 0.5) is 0 Å². The maximum atomic E-state index is 12.6. The molecule has 116 valence electrons. The number of likely N-dealkylation sites (tertiary alicyclic amines) is 1. The van der Waals surface area contributed by atoms with E-state index in [4.69, 9.17) is 0 Å². The molecule has 1 aromatic heterocycles. The normalized spacial score (nSPS) is 18.6. The minimum absolute atomic E-state index is 0.00900. The Morgan fingerprint density at radius 1 is 1.43 bits per heavy atom. The van der Waals surface area contributed by atoms with E-state index in [9.17, 15) is 9.59 Å². The summed E-state index contributed by atoms with van der Waals surface area (Å²) in [5.41, 5.74) is 0.517. The number of amides is 2. The number of nitrogens with one attached hydrogen (secondary N) is 1. The van der Waals surface area contributed by atoms with Crippen LogP contribution in [0.3, 0.4) is 0 Å². The summed E-state index contributed by atoms with van der Waals surface area (Å²) in [6.45, 7) is 5.68. The van der Waals surface area contributed by atoms with Crippen LogP contribution in [0.1, 0.15) is 50.0 Å². The number of piperidine rings is 1. The Hall–Kier alpha value is -1.85. The molecule has 1 atom stereocenters. The molecule has 6 nitrogen and oxygen atoms in total. The minimum atomic E-state index is -0.0228. The molecule has 1 aliphatic rings. The lowest BCUT2D eigenvalue weighted by atomic mass is 9.99. The van der Waals surface area contributed by atoms with Gasteiger partial charge in [-0.15, -0.1) is 0 Å². The summed E-state index contributed by atoms with van der Waals surface area (Å²) in [4.78, 5) is 25.5. The van der Waals surface area contributed by atoms with Gasteiger partial charge in [0, 0.05) is 38.8 Å². The standard InChI is InChI=1S/C15H24N4O2/c1-3-18-11-8-14(17-18)15(21)19-10-5-4-6-13(19)7-9-16-12(2)20/h8,11,13H,3-7,9-10H2,1-2H3,(H,16,20)/t13-/m1/s1. The number of aromatic nitrogens is 2. The molecule has 0 aliphatic carbocycles. The van der Waals surface area contributed by atoms with Crippen molar-refractivity contribution in [2.24, 2.45) is 0 Å². The van der Waals surface area contributed by atoms with Gasteiger partial charge < -0.3 is 10.2 Å². The summed E-state index contributed by atoms with van der Waals surface area (Å²) in [5.74, 6) is -0.0138. The van der Waals surface area contributed by atoms with Crippen LogP contribution in [0.5, 0.6) is 0 Å². The highest BCUT2D eigenvalue weighted by molar-refractivity contribution is 5.92. The number of hydrogen-bond acceptors (Lipinski definition) is 3. The molecule has 1 N–H and O–H groups in total. The Bertz CT molecular complexity index is 498. The Labute approximate surface area is 125 Å². The first-order valence-corrected chi connectivity index (χ1v) is 7.70. The fraction of sp³-hybridized carbons (Fsp3) is 0.667. The van der Waals surface area contributed by atoms with Crippen LogP contribution < -0.4 is 5.32 Å². The SMILES string of the molecule is CCn1ccc(C(=O)N2CCCC[C@@H]2CCNC(C)=O)n1. The third-order valence-electron chi connectivity index (χ3n) is 3.92. The molecule has 0 unspecified atom stereocenters. The van der Waals surface area contributed by atoms with Gasteiger partial charge >= 0.3 is 0 Å². The highest BCUT2D eigenvalue weighted by Gasteiger charge is 2.28. The second-order valence-corrected chi connectivity index (χ2v) is 5.48. The molecule has 6 heteroatoms. The van der Waals surface area contributed by atoms with Crippen LogP contribution in [0.15, 0.2) is 12.3 Å². The first-order valence-electron chi connectivity index (χ1n) is 7.70. The summed E-state index contributed by atoms with van der Waals surface area (Å²) in [6.07, 6.45) is 5.82. The summed E-state index contributed by atoms with van der Waals surface area (Å²) in [6, 6.07) is 1.98. The quantitative estimate of drug-likeness (QED) is 0.892. The summed E-state index contributed by atoms with van der Waals surface area (Å²) in [5, 5.41) is 7.11. The first-order chi connectivity index (χ1) is 10.1. The van der Waals surface area contributed by atoms with Crippen molar-refractivity contribution in [3.8, 4) is 0 Å². The second kappa shape index (κ2) is 7.24. The van der Waals surface area contributed by atoms with Crippen molar-refractivity contribution in [3.05, 3.63) is 18.0 Å². The summed E-state index contributed by atoms with van der Waals surface area (Å²) < 4.78 is 1.77. The Morgan fingerprint density at radius 2 is 2.24 bits per heavy atom. The van der Waals surface area contributed by atoms with E-state index >= 15 is 0 Å². The number of carbonyl (C=O) groups is 2. The maximum absolute atomic E-state index is 12.6. The van der Waals surface area contributed by atoms with Crippen LogP contribution in [-0.2, 0) is 11.3 Å². The van der Waals surface area contributed by atoms with E-state index in [1.165, 1.54) is 6.92 Å². The van der Waals surface area contributed by atoms with Crippen molar-refractivity contribution < 1.29 is 9.59 Å². The monoisotopic (exact) mass is 292 g/mol. The number of aryl methyl sites for hydroxylation is 1. The van der Waals surface area contributed by atoms with Crippen molar-refractivity contribution in [2.45, 2.75) is 52.1 Å². The molecule has 0 aromatic carbocycles. The molecule has 1 fully saturated rings. The van der Waals surface area contributed by atoms with Crippen molar-refractivity contribution in [3.63, 3.8) is 0 Å². The Kier molecular flexibility index (Phi) is 5.36. The zero-order valence-electron chi connectivity index (χ0n) is 12.8. The van der Waals surface area contributed by atoms with Gasteiger partial charge in [0.2, 0.25) is 5.91 Å². The Morgan fingerprint density at radius 3 is 2.90 bits per heavy atom. The molecule has 1 aromatic rings. The Balaban J connectivity index is 1.99. The topological polar surface area (TPSA) is 67.2 Å². The third kappa shape index (κ3) is 4.06. The van der Waals surface area contributed by atoms with E-state index in [1.807, 2.05) is 18.0 Å². The van der Waals surface area contributed by atoms with Crippen molar-refractivity contribution in [1.82, 2.24) is 20.0 Å². The average Bonchev–Trinajstić information content (AvgIpc) is 2.95. The average molecular weight is 292 g/mol. The fourth-order valence-corrected chi connectivity index (χ4v) is 2.78. The lowest BCUT2D eigenvalue weighted by Crippen LogP contribution is -2.45. The van der Waals surface area contributed by atoms with E-state index in [1.54, 1.807) is 10.7 Å². The van der Waals surface area contributed by atoms with Gasteiger partial charge in [-0.25, -0.2) is 0 Å². The molecule has 1 aliphatic heterocycles. The van der Waals surface area contributed by atoms with E-state index in [-0.39, 0.29) is 17.9 Å². The molecular formula is C15H24N4O2. The van der Waals surface area contributed by atoms with Gasteiger partial charge in [0.1, 0.15) is 5.69 Å². The zero-order valence-corrected chi connectivity index (χ0v) is 12.8. The highest BCUT2D eigenvalue weighted by atomic mass is 16.2. The van der Waals surface area contributed by atoms with Crippen LogP contribution in [-0.4, -0.2) is 45.6 Å². The lowest BCUT2D eigenvalue weighted by molar-refractivity contribution is -0.119. The van der Waals surface area contributed by atoms with E-state index < -0.39 is 0 Å². The number of rotatable bonds is 5. The predicted molar refractivity (Wildman–Crippen MR) is 79.9 cm³/mol. The number of carbonyl (C=O) groups excluding carboxylic acids is 2. The molecule has 2 rings (SSSR count). The number of nitrogens with zero attached hydrogens (tertiary/aromatic N) is 3. The van der Waals surface area contributed by atoms with E-state index in [0.717, 1.165) is 38.8 Å². The van der Waals surface area contributed by atoms with Gasteiger partial charge in [-0.05, 0) is 38.7 Å². The van der Waals surface area contributed by atoms with Gasteiger partial charge in [0.25, 0.3) is 5.91 Å². The maximum Gasteiger partial charge on any atom is 0.274 e. The lowest BCUT2D eigenvalue weighted by Gasteiger charge is -2.35. The second-order valence-electron chi connectivity index (χ2n) is 5.48. The van der Waals surface area contributed by atoms with Crippen LogP contribution in [0.2, 0.25) is 0 Å². The molecule has 1 saturated heterocycles. The minimum Gasteiger partial charge on any atom is -0.356 e. The largest absolute Gasteiger partial charge is 0.356 e. The van der Waals surface area contributed by atoms with Gasteiger partial charge in [0.15, 0.2) is 0 Å². The highest BCUT2D eigenvalue weighted by Crippen LogP contribution is 2.21. The smallest absolute Gasteiger partial charge is 0.274 e. The molecular weight excluding hydrogens is 268 g/mol. The van der Waals surface area contributed by atoms with Crippen LogP contribution in [0.25, 0.3) is 0 Å². The molecule has 2 amide bonds. The van der Waals surface area contributed by atoms with E-state index in [2.05, 4.69) is 10.4 Å². The molecule has 0 radical (unpaired) electrons. The van der Waals surface area contributed by atoms with Crippen molar-refractivity contribution in [2.75, 3.05) is 13.1 Å². The predicted octanol–water partition coefficient (Wildman–Crippen LogP) is 1.42. The van der Waals surface area contributed by atoms with Crippen molar-refractivity contribution >= 4 is 11.8 Å². The third-order valence-corrected chi connectivity index (χ3v) is 3.92. The zero-order chi connectivity index (χ0) is 15.2. The number of hydrogen-bond donors (Lipinski definition) is 1. The fourth-order valence-electron chi connectivity index (χ4n) is 2.78. The summed E-state index contributed by atoms with van der Waals surface area (Å²) in [7, 11) is 0. The molecule has 0 bridgehead atoms. The van der Waals surface area contributed by atoms with Gasteiger partial charge in [-0.3, -0.25) is 14.3 Å². The summed E-state index contributed by atoms with van der Waals surface area (Å²) >= 11 is 0. The van der Waals surface area contributed by atoms with Gasteiger partial charge in [-0.1, -0.05) is 0 Å². The molecule has 0 saturated carbocycles. The molecule has 0 spiro atoms. The van der Waals surface area contributed by atoms with Crippen LogP contribution in [0, 0.1) is 0 Å².